The molecule has 0 aliphatic carbocycles. The highest BCUT2D eigenvalue weighted by Gasteiger charge is 2.56. The third kappa shape index (κ3) is 4.85. The highest BCUT2D eigenvalue weighted by atomic mass is 32.1. The van der Waals surface area contributed by atoms with Crippen molar-refractivity contribution in [3.63, 3.8) is 0 Å². The number of hydrogen-bond donors (Lipinski definition) is 2. The molecule has 1 spiro atoms. The van der Waals surface area contributed by atoms with Crippen molar-refractivity contribution in [3.05, 3.63) is 42.0 Å². The number of nitrogens with one attached hydrogen (secondary N) is 1. The summed E-state index contributed by atoms with van der Waals surface area (Å²) >= 11 is 1.26. The van der Waals surface area contributed by atoms with Crippen molar-refractivity contribution in [2.45, 2.75) is 50.4 Å². The van der Waals surface area contributed by atoms with Crippen LogP contribution in [0.4, 0.5) is 9.80 Å². The fraction of sp³-hybridized carbons (Fsp3) is 0.500. The van der Waals surface area contributed by atoms with Gasteiger partial charge < -0.3 is 19.5 Å². The average molecular weight is 514 g/mol. The Morgan fingerprint density at radius 1 is 1.14 bits per heavy atom. The SMILES string of the molecule is CC1(C)CC2(CN(C3CCN(C(=O)c4cc(-c5ccccc5)sc4NC(=O)O)CC3)CCO2)C(=O)O1. The summed E-state index contributed by atoms with van der Waals surface area (Å²) in [4.78, 5) is 42.4. The lowest BCUT2D eigenvalue weighted by atomic mass is 9.90. The maximum absolute atomic E-state index is 13.5. The van der Waals surface area contributed by atoms with Gasteiger partial charge >= 0.3 is 12.1 Å². The van der Waals surface area contributed by atoms with Gasteiger partial charge in [-0.25, -0.2) is 9.59 Å². The number of morpholine rings is 1. The number of ether oxygens (including phenoxy) is 2. The van der Waals surface area contributed by atoms with E-state index in [0.717, 1.165) is 29.8 Å². The van der Waals surface area contributed by atoms with Gasteiger partial charge in [0.1, 0.15) is 10.6 Å². The van der Waals surface area contributed by atoms with Gasteiger partial charge in [0.05, 0.1) is 12.2 Å². The number of likely N-dealkylation sites (tertiary alicyclic amines) is 1. The molecule has 3 aliphatic heterocycles. The Morgan fingerprint density at radius 2 is 1.86 bits per heavy atom. The van der Waals surface area contributed by atoms with Crippen LogP contribution in [0.1, 0.15) is 43.5 Å². The van der Waals surface area contributed by atoms with E-state index >= 15 is 0 Å². The lowest BCUT2D eigenvalue weighted by Gasteiger charge is -2.44. The molecule has 10 heteroatoms. The van der Waals surface area contributed by atoms with Gasteiger partial charge in [-0.3, -0.25) is 15.0 Å². The Balaban J connectivity index is 1.26. The first-order valence-electron chi connectivity index (χ1n) is 12.3. The second-order valence-corrected chi connectivity index (χ2v) is 11.4. The number of esters is 1. The summed E-state index contributed by atoms with van der Waals surface area (Å²) in [7, 11) is 0. The number of anilines is 1. The summed E-state index contributed by atoms with van der Waals surface area (Å²) < 4.78 is 11.5. The molecule has 4 heterocycles. The average Bonchev–Trinajstić information content (AvgIpc) is 3.36. The zero-order valence-electron chi connectivity index (χ0n) is 20.5. The minimum absolute atomic E-state index is 0.171. The van der Waals surface area contributed by atoms with Crippen LogP contribution in [-0.2, 0) is 14.3 Å². The molecular weight excluding hydrogens is 482 g/mol. The minimum Gasteiger partial charge on any atom is -0.465 e. The van der Waals surface area contributed by atoms with Crippen molar-refractivity contribution >= 4 is 34.3 Å². The molecule has 1 unspecified atom stereocenters. The van der Waals surface area contributed by atoms with Crippen molar-refractivity contribution in [2.24, 2.45) is 0 Å². The lowest BCUT2D eigenvalue weighted by Crippen LogP contribution is -2.59. The number of rotatable bonds is 4. The molecule has 2 amide bonds. The topological polar surface area (TPSA) is 108 Å². The van der Waals surface area contributed by atoms with Crippen molar-refractivity contribution in [3.8, 4) is 10.4 Å². The van der Waals surface area contributed by atoms with Crippen LogP contribution in [0.5, 0.6) is 0 Å². The van der Waals surface area contributed by atoms with Crippen LogP contribution in [0.2, 0.25) is 0 Å². The standard InChI is InChI=1S/C26H31N3O6S/c1-25(2)15-26(23(31)35-25)16-29(12-13-34-26)18-8-10-28(11-9-18)22(30)19-14-20(17-6-4-3-5-7-17)36-21(19)27-24(32)33/h3-7,14,18,27H,8-13,15-16H2,1-2H3,(H,32,33). The molecular formula is C26H31N3O6S. The summed E-state index contributed by atoms with van der Waals surface area (Å²) in [6.07, 6.45) is 0.891. The largest absolute Gasteiger partial charge is 0.465 e. The maximum atomic E-state index is 13.5. The van der Waals surface area contributed by atoms with E-state index in [0.29, 0.717) is 43.2 Å². The van der Waals surface area contributed by atoms with Crippen LogP contribution in [-0.4, -0.2) is 82.9 Å². The quantitative estimate of drug-likeness (QED) is 0.597. The Hall–Kier alpha value is -2.95. The first-order valence-corrected chi connectivity index (χ1v) is 13.1. The number of carboxylic acid groups (broad SMARTS) is 1. The van der Waals surface area contributed by atoms with Crippen LogP contribution in [0.15, 0.2) is 36.4 Å². The van der Waals surface area contributed by atoms with E-state index in [4.69, 9.17) is 9.47 Å². The molecule has 2 aromatic rings. The molecule has 192 valence electrons. The van der Waals surface area contributed by atoms with Crippen LogP contribution < -0.4 is 5.32 Å². The Kier molecular flexibility index (Phi) is 6.52. The van der Waals surface area contributed by atoms with E-state index in [1.54, 1.807) is 11.0 Å². The first kappa shape index (κ1) is 24.7. The van der Waals surface area contributed by atoms with Gasteiger partial charge in [-0.05, 0) is 38.3 Å². The molecule has 3 fully saturated rings. The fourth-order valence-corrected chi connectivity index (χ4v) is 6.63. The molecule has 2 N–H and O–H groups in total. The highest BCUT2D eigenvalue weighted by Crippen LogP contribution is 2.40. The van der Waals surface area contributed by atoms with E-state index < -0.39 is 17.3 Å². The highest BCUT2D eigenvalue weighted by molar-refractivity contribution is 7.20. The van der Waals surface area contributed by atoms with Gasteiger partial charge in [0.2, 0.25) is 0 Å². The summed E-state index contributed by atoms with van der Waals surface area (Å²) in [6.45, 7) is 6.67. The van der Waals surface area contributed by atoms with Gasteiger partial charge in [0.15, 0.2) is 5.60 Å². The molecule has 36 heavy (non-hydrogen) atoms. The van der Waals surface area contributed by atoms with E-state index in [1.165, 1.54) is 11.3 Å². The van der Waals surface area contributed by atoms with Gasteiger partial charge in [-0.15, -0.1) is 11.3 Å². The second kappa shape index (κ2) is 9.49. The minimum atomic E-state index is -1.20. The summed E-state index contributed by atoms with van der Waals surface area (Å²) in [6, 6.07) is 11.6. The molecule has 5 rings (SSSR count). The zero-order valence-corrected chi connectivity index (χ0v) is 21.3. The van der Waals surface area contributed by atoms with Crippen molar-refractivity contribution in [2.75, 3.05) is 38.1 Å². The number of thiophene rings is 1. The summed E-state index contributed by atoms with van der Waals surface area (Å²) in [5.74, 6) is -0.454. The molecule has 9 nitrogen and oxygen atoms in total. The van der Waals surface area contributed by atoms with Crippen molar-refractivity contribution < 1.29 is 29.0 Å². The van der Waals surface area contributed by atoms with E-state index in [-0.39, 0.29) is 17.9 Å². The molecule has 1 aromatic heterocycles. The number of hydrogen-bond acceptors (Lipinski definition) is 7. The monoisotopic (exact) mass is 513 g/mol. The first-order chi connectivity index (χ1) is 17.2. The van der Waals surface area contributed by atoms with Gasteiger partial charge in [-0.1, -0.05) is 30.3 Å². The lowest BCUT2D eigenvalue weighted by molar-refractivity contribution is -0.172. The fourth-order valence-electron chi connectivity index (χ4n) is 5.58. The smallest absolute Gasteiger partial charge is 0.409 e. The molecule has 1 aromatic carbocycles. The van der Waals surface area contributed by atoms with Gasteiger partial charge in [0, 0.05) is 43.5 Å². The van der Waals surface area contributed by atoms with Crippen molar-refractivity contribution in [1.29, 1.82) is 0 Å². The van der Waals surface area contributed by atoms with Gasteiger partial charge in [0.25, 0.3) is 5.91 Å². The molecule has 0 radical (unpaired) electrons. The third-order valence-corrected chi connectivity index (χ3v) is 8.28. The summed E-state index contributed by atoms with van der Waals surface area (Å²) in [5, 5.41) is 12.0. The number of cyclic esters (lactones) is 1. The Morgan fingerprint density at radius 3 is 2.50 bits per heavy atom. The zero-order chi connectivity index (χ0) is 25.5. The number of carbonyl (C=O) groups excluding carboxylic acids is 2. The van der Waals surface area contributed by atoms with E-state index in [2.05, 4.69) is 10.2 Å². The molecule has 1 atom stereocenters. The van der Waals surface area contributed by atoms with Crippen LogP contribution in [0.25, 0.3) is 10.4 Å². The number of amides is 2. The predicted octanol–water partition coefficient (Wildman–Crippen LogP) is 3.91. The number of carbonyl (C=O) groups is 3. The second-order valence-electron chi connectivity index (χ2n) is 10.3. The molecule has 0 bridgehead atoms. The normalized spacial score (nSPS) is 24.6. The molecule has 3 saturated heterocycles. The van der Waals surface area contributed by atoms with Gasteiger partial charge in [-0.2, -0.15) is 0 Å². The van der Waals surface area contributed by atoms with E-state index in [9.17, 15) is 19.5 Å². The van der Waals surface area contributed by atoms with Crippen LogP contribution >= 0.6 is 11.3 Å². The Bertz CT molecular complexity index is 1160. The number of piperidine rings is 1. The van der Waals surface area contributed by atoms with Crippen LogP contribution in [0.3, 0.4) is 0 Å². The number of nitrogens with zero attached hydrogens (tertiary/aromatic N) is 2. The Labute approximate surface area is 214 Å². The van der Waals surface area contributed by atoms with Crippen molar-refractivity contribution in [1.82, 2.24) is 9.80 Å². The van der Waals surface area contributed by atoms with Crippen LogP contribution in [0, 0.1) is 0 Å². The number of benzene rings is 1. The van der Waals surface area contributed by atoms with E-state index in [1.807, 2.05) is 44.2 Å². The third-order valence-electron chi connectivity index (χ3n) is 7.18. The molecule has 0 saturated carbocycles. The predicted molar refractivity (Wildman–Crippen MR) is 135 cm³/mol. The maximum Gasteiger partial charge on any atom is 0.409 e. The molecule has 3 aliphatic rings. The summed E-state index contributed by atoms with van der Waals surface area (Å²) in [5.41, 5.74) is -0.127.